The minimum atomic E-state index is -0.0175. The molecule has 2 fully saturated rings. The van der Waals surface area contributed by atoms with Gasteiger partial charge in [0.1, 0.15) is 5.52 Å². The maximum atomic E-state index is 13.1. The van der Waals surface area contributed by atoms with Crippen molar-refractivity contribution in [1.82, 2.24) is 15.2 Å². The second kappa shape index (κ2) is 9.38. The van der Waals surface area contributed by atoms with Gasteiger partial charge in [-0.05, 0) is 74.4 Å². The quantitative estimate of drug-likeness (QED) is 0.577. The number of fused-ring (bicyclic) bond motifs is 1. The van der Waals surface area contributed by atoms with Gasteiger partial charge in [-0.25, -0.2) is 4.98 Å². The Bertz CT molecular complexity index is 1100. The predicted molar refractivity (Wildman–Crippen MR) is 128 cm³/mol. The number of carbonyl (C=O) groups is 2. The third-order valence-corrected chi connectivity index (χ3v) is 7.36. The molecule has 2 aliphatic carbocycles. The average molecular weight is 446 g/mol. The number of hydrogen-bond acceptors (Lipinski definition) is 4. The van der Waals surface area contributed by atoms with Crippen LogP contribution in [0.1, 0.15) is 55.3 Å². The first kappa shape index (κ1) is 21.7. The van der Waals surface area contributed by atoms with Gasteiger partial charge >= 0.3 is 0 Å². The van der Waals surface area contributed by atoms with E-state index in [0.717, 1.165) is 42.5 Å². The number of rotatable bonds is 6. The Labute approximate surface area is 194 Å². The standard InChI is InChI=1S/C27H31N3O3/c1-30(22-15-14-21(16-22)25(31)28-17-18-6-2-3-7-18)27(32)20-12-10-19(11-13-20)26-29-23-8-4-5-9-24(23)33-26/h4-5,8-13,18,21-22H,2-3,6-7,14-17H2,1H3,(H,28,31). The normalized spacial score (nSPS) is 20.9. The van der Waals surface area contributed by atoms with E-state index in [4.69, 9.17) is 4.42 Å². The molecule has 33 heavy (non-hydrogen) atoms. The van der Waals surface area contributed by atoms with E-state index in [1.165, 1.54) is 25.7 Å². The molecule has 5 rings (SSSR count). The van der Waals surface area contributed by atoms with E-state index in [1.807, 2.05) is 55.6 Å². The number of oxazole rings is 1. The van der Waals surface area contributed by atoms with Gasteiger partial charge in [0.2, 0.25) is 11.8 Å². The molecule has 0 saturated heterocycles. The highest BCUT2D eigenvalue weighted by molar-refractivity contribution is 5.95. The van der Waals surface area contributed by atoms with Gasteiger partial charge in [-0.1, -0.05) is 25.0 Å². The summed E-state index contributed by atoms with van der Waals surface area (Å²) >= 11 is 0. The summed E-state index contributed by atoms with van der Waals surface area (Å²) in [4.78, 5) is 32.0. The van der Waals surface area contributed by atoms with Gasteiger partial charge in [-0.15, -0.1) is 0 Å². The Hall–Kier alpha value is -3.15. The average Bonchev–Trinajstić information content (AvgIpc) is 3.62. The molecule has 2 saturated carbocycles. The molecule has 3 aromatic rings. The van der Waals surface area contributed by atoms with Crippen molar-refractivity contribution < 1.29 is 14.0 Å². The first-order valence-corrected chi connectivity index (χ1v) is 12.1. The number of benzene rings is 2. The summed E-state index contributed by atoms with van der Waals surface area (Å²) in [5.74, 6) is 1.34. The molecule has 6 heteroatoms. The first-order valence-electron chi connectivity index (χ1n) is 12.1. The van der Waals surface area contributed by atoms with Crippen LogP contribution in [0.25, 0.3) is 22.6 Å². The van der Waals surface area contributed by atoms with Crippen LogP contribution in [-0.2, 0) is 4.79 Å². The highest BCUT2D eigenvalue weighted by Crippen LogP contribution is 2.31. The first-order chi connectivity index (χ1) is 16.1. The monoisotopic (exact) mass is 445 g/mol. The molecule has 172 valence electrons. The van der Waals surface area contributed by atoms with Crippen molar-refractivity contribution in [3.8, 4) is 11.5 Å². The number of carbonyl (C=O) groups excluding carboxylic acids is 2. The van der Waals surface area contributed by atoms with E-state index in [2.05, 4.69) is 10.3 Å². The molecular weight excluding hydrogens is 414 g/mol. The van der Waals surface area contributed by atoms with Gasteiger partial charge in [0, 0.05) is 36.7 Å². The van der Waals surface area contributed by atoms with Crippen LogP contribution in [0, 0.1) is 11.8 Å². The third kappa shape index (κ3) is 4.65. The van der Waals surface area contributed by atoms with E-state index < -0.39 is 0 Å². The Morgan fingerprint density at radius 1 is 1.03 bits per heavy atom. The SMILES string of the molecule is CN(C(=O)c1ccc(-c2nc3ccccc3o2)cc1)C1CCC(C(=O)NCC2CCCC2)C1. The molecule has 1 heterocycles. The van der Waals surface area contributed by atoms with Crippen LogP contribution in [0.4, 0.5) is 0 Å². The Balaban J connectivity index is 1.18. The molecule has 6 nitrogen and oxygen atoms in total. The molecule has 0 spiro atoms. The van der Waals surface area contributed by atoms with Crippen molar-refractivity contribution in [3.63, 3.8) is 0 Å². The van der Waals surface area contributed by atoms with Gasteiger partial charge in [0.25, 0.3) is 5.91 Å². The molecule has 2 aromatic carbocycles. The summed E-state index contributed by atoms with van der Waals surface area (Å²) in [5, 5.41) is 3.16. The van der Waals surface area contributed by atoms with E-state index in [1.54, 1.807) is 4.90 Å². The predicted octanol–water partition coefficient (Wildman–Crippen LogP) is 5.04. The molecule has 1 N–H and O–H groups in total. The van der Waals surface area contributed by atoms with Crippen molar-refractivity contribution in [2.45, 2.75) is 51.0 Å². The molecule has 0 bridgehead atoms. The van der Waals surface area contributed by atoms with Crippen molar-refractivity contribution in [2.24, 2.45) is 11.8 Å². The summed E-state index contributed by atoms with van der Waals surface area (Å²) in [6.07, 6.45) is 7.48. The second-order valence-corrected chi connectivity index (χ2v) is 9.54. The summed E-state index contributed by atoms with van der Waals surface area (Å²) in [7, 11) is 1.85. The lowest BCUT2D eigenvalue weighted by Crippen LogP contribution is -2.37. The van der Waals surface area contributed by atoms with Crippen LogP contribution in [0.3, 0.4) is 0 Å². The van der Waals surface area contributed by atoms with Crippen molar-refractivity contribution in [1.29, 1.82) is 0 Å². The smallest absolute Gasteiger partial charge is 0.253 e. The summed E-state index contributed by atoms with van der Waals surface area (Å²) in [6.45, 7) is 0.807. The minimum absolute atomic E-state index is 0.00758. The number of nitrogens with zero attached hydrogens (tertiary/aromatic N) is 2. The number of hydrogen-bond donors (Lipinski definition) is 1. The third-order valence-electron chi connectivity index (χ3n) is 7.36. The zero-order valence-corrected chi connectivity index (χ0v) is 19.1. The zero-order chi connectivity index (χ0) is 22.8. The van der Waals surface area contributed by atoms with Gasteiger partial charge in [0.15, 0.2) is 5.58 Å². The number of amides is 2. The molecule has 0 aliphatic heterocycles. The van der Waals surface area contributed by atoms with Crippen LogP contribution in [0.5, 0.6) is 0 Å². The van der Waals surface area contributed by atoms with E-state index in [0.29, 0.717) is 17.4 Å². The molecule has 2 unspecified atom stereocenters. The second-order valence-electron chi connectivity index (χ2n) is 9.54. The van der Waals surface area contributed by atoms with Crippen LogP contribution in [0.15, 0.2) is 52.9 Å². The van der Waals surface area contributed by atoms with Crippen LogP contribution in [-0.4, -0.2) is 41.3 Å². The lowest BCUT2D eigenvalue weighted by Gasteiger charge is -2.25. The summed E-state index contributed by atoms with van der Waals surface area (Å²) < 4.78 is 5.83. The van der Waals surface area contributed by atoms with E-state index in [-0.39, 0.29) is 23.8 Å². The molecule has 2 atom stereocenters. The molecule has 0 radical (unpaired) electrons. The number of nitrogens with one attached hydrogen (secondary N) is 1. The highest BCUT2D eigenvalue weighted by Gasteiger charge is 2.34. The Morgan fingerprint density at radius 3 is 2.55 bits per heavy atom. The fraction of sp³-hybridized carbons (Fsp3) is 0.444. The summed E-state index contributed by atoms with van der Waals surface area (Å²) in [5.41, 5.74) is 3.03. The minimum Gasteiger partial charge on any atom is -0.436 e. The van der Waals surface area contributed by atoms with Crippen LogP contribution < -0.4 is 5.32 Å². The van der Waals surface area contributed by atoms with Gasteiger partial charge in [0.05, 0.1) is 0 Å². The van der Waals surface area contributed by atoms with Crippen molar-refractivity contribution >= 4 is 22.9 Å². The van der Waals surface area contributed by atoms with Gasteiger partial charge < -0.3 is 14.6 Å². The Kier molecular flexibility index (Phi) is 6.16. The lowest BCUT2D eigenvalue weighted by molar-refractivity contribution is -0.125. The molecule has 2 amide bonds. The maximum Gasteiger partial charge on any atom is 0.253 e. The lowest BCUT2D eigenvalue weighted by atomic mass is 10.0. The van der Waals surface area contributed by atoms with Gasteiger partial charge in [-0.2, -0.15) is 0 Å². The Morgan fingerprint density at radius 2 is 1.79 bits per heavy atom. The molecule has 1 aromatic heterocycles. The fourth-order valence-electron chi connectivity index (χ4n) is 5.27. The van der Waals surface area contributed by atoms with Crippen LogP contribution >= 0.6 is 0 Å². The van der Waals surface area contributed by atoms with E-state index >= 15 is 0 Å². The van der Waals surface area contributed by atoms with Crippen LogP contribution in [0.2, 0.25) is 0 Å². The zero-order valence-electron chi connectivity index (χ0n) is 19.1. The number of para-hydroxylation sites is 2. The fourth-order valence-corrected chi connectivity index (χ4v) is 5.27. The highest BCUT2D eigenvalue weighted by atomic mass is 16.3. The largest absolute Gasteiger partial charge is 0.436 e. The van der Waals surface area contributed by atoms with E-state index in [9.17, 15) is 9.59 Å². The molecular formula is C27H31N3O3. The van der Waals surface area contributed by atoms with Gasteiger partial charge in [-0.3, -0.25) is 9.59 Å². The number of aromatic nitrogens is 1. The topological polar surface area (TPSA) is 75.4 Å². The molecule has 2 aliphatic rings. The van der Waals surface area contributed by atoms with Crippen molar-refractivity contribution in [3.05, 3.63) is 54.1 Å². The maximum absolute atomic E-state index is 13.1. The summed E-state index contributed by atoms with van der Waals surface area (Å²) in [6, 6.07) is 15.1. The van der Waals surface area contributed by atoms with Crippen molar-refractivity contribution in [2.75, 3.05) is 13.6 Å².